The van der Waals surface area contributed by atoms with Crippen molar-refractivity contribution in [3.8, 4) is 11.5 Å². The predicted octanol–water partition coefficient (Wildman–Crippen LogP) is 2.41. The standard InChI is InChI=1S/C20H28N2O6/c1-3-26-15-8-10-16(11-9-15)27-13-19(24)28-12-18(23)22-20(25)21-17-7-5-4-6-14(17)2/h8-11,14,17H,3-7,12-13H2,1-2H3,(H2,21,22,23,25)/t14-,17-/m1/s1. The van der Waals surface area contributed by atoms with Gasteiger partial charge in [0.15, 0.2) is 13.2 Å². The van der Waals surface area contributed by atoms with Gasteiger partial charge in [-0.05, 0) is 49.9 Å². The molecule has 2 rings (SSSR count). The SMILES string of the molecule is CCOc1ccc(OCC(=O)OCC(=O)NC(=O)N[C@@H]2CCCC[C@H]2C)cc1. The molecule has 1 aliphatic rings. The molecule has 0 bridgehead atoms. The normalized spacial score (nSPS) is 18.6. The molecule has 8 heteroatoms. The third kappa shape index (κ3) is 7.46. The van der Waals surface area contributed by atoms with Gasteiger partial charge in [0.1, 0.15) is 11.5 Å². The molecular formula is C20H28N2O6. The second kappa shape index (κ2) is 11.2. The van der Waals surface area contributed by atoms with Crippen LogP contribution < -0.4 is 20.1 Å². The van der Waals surface area contributed by atoms with Crippen molar-refractivity contribution in [3.05, 3.63) is 24.3 Å². The first-order valence-corrected chi connectivity index (χ1v) is 9.59. The largest absolute Gasteiger partial charge is 0.494 e. The second-order valence-electron chi connectivity index (χ2n) is 6.74. The van der Waals surface area contributed by atoms with Crippen LogP contribution >= 0.6 is 0 Å². The van der Waals surface area contributed by atoms with Gasteiger partial charge in [0, 0.05) is 6.04 Å². The number of hydrogen-bond acceptors (Lipinski definition) is 6. The lowest BCUT2D eigenvalue weighted by atomic mass is 9.86. The number of benzene rings is 1. The Bertz CT molecular complexity index is 661. The number of rotatable bonds is 8. The summed E-state index contributed by atoms with van der Waals surface area (Å²) in [5.41, 5.74) is 0. The van der Waals surface area contributed by atoms with E-state index in [0.29, 0.717) is 24.0 Å². The molecular weight excluding hydrogens is 364 g/mol. The summed E-state index contributed by atoms with van der Waals surface area (Å²) in [5.74, 6) is 0.175. The van der Waals surface area contributed by atoms with E-state index in [9.17, 15) is 14.4 Å². The fourth-order valence-corrected chi connectivity index (χ4v) is 3.03. The van der Waals surface area contributed by atoms with E-state index in [4.69, 9.17) is 14.2 Å². The first-order valence-electron chi connectivity index (χ1n) is 9.59. The van der Waals surface area contributed by atoms with Crippen LogP contribution in [0.5, 0.6) is 11.5 Å². The zero-order chi connectivity index (χ0) is 20.4. The highest BCUT2D eigenvalue weighted by molar-refractivity contribution is 5.95. The van der Waals surface area contributed by atoms with Crippen molar-refractivity contribution in [2.45, 2.75) is 45.6 Å². The van der Waals surface area contributed by atoms with E-state index in [2.05, 4.69) is 17.6 Å². The van der Waals surface area contributed by atoms with E-state index < -0.39 is 24.5 Å². The molecule has 0 aromatic heterocycles. The summed E-state index contributed by atoms with van der Waals surface area (Å²) in [6.45, 7) is 3.65. The van der Waals surface area contributed by atoms with Gasteiger partial charge in [0.2, 0.25) is 0 Å². The summed E-state index contributed by atoms with van der Waals surface area (Å²) in [4.78, 5) is 35.3. The maximum absolute atomic E-state index is 11.9. The van der Waals surface area contributed by atoms with Crippen LogP contribution in [0.2, 0.25) is 0 Å². The molecule has 0 unspecified atom stereocenters. The number of urea groups is 1. The summed E-state index contributed by atoms with van der Waals surface area (Å²) in [5, 5.41) is 4.98. The Morgan fingerprint density at radius 2 is 1.64 bits per heavy atom. The number of nitrogens with one attached hydrogen (secondary N) is 2. The molecule has 1 fully saturated rings. The van der Waals surface area contributed by atoms with E-state index in [0.717, 1.165) is 25.7 Å². The average Bonchev–Trinajstić information content (AvgIpc) is 2.68. The number of carbonyl (C=O) groups excluding carboxylic acids is 3. The number of amides is 3. The van der Waals surface area contributed by atoms with Crippen LogP contribution in [0.15, 0.2) is 24.3 Å². The summed E-state index contributed by atoms with van der Waals surface area (Å²) < 4.78 is 15.4. The monoisotopic (exact) mass is 392 g/mol. The third-order valence-corrected chi connectivity index (χ3v) is 4.54. The van der Waals surface area contributed by atoms with Crippen molar-refractivity contribution in [1.29, 1.82) is 0 Å². The van der Waals surface area contributed by atoms with Gasteiger partial charge < -0.3 is 19.5 Å². The van der Waals surface area contributed by atoms with E-state index in [1.54, 1.807) is 24.3 Å². The van der Waals surface area contributed by atoms with E-state index in [1.807, 2.05) is 6.92 Å². The van der Waals surface area contributed by atoms with E-state index in [1.165, 1.54) is 0 Å². The molecule has 154 valence electrons. The average molecular weight is 392 g/mol. The Kier molecular flexibility index (Phi) is 8.58. The molecule has 3 amide bonds. The molecule has 1 aromatic rings. The quantitative estimate of drug-likeness (QED) is 0.659. The van der Waals surface area contributed by atoms with Gasteiger partial charge in [0.25, 0.3) is 5.91 Å². The lowest BCUT2D eigenvalue weighted by Gasteiger charge is -2.29. The first kappa shape index (κ1) is 21.5. The van der Waals surface area contributed by atoms with E-state index in [-0.39, 0.29) is 12.6 Å². The van der Waals surface area contributed by atoms with E-state index >= 15 is 0 Å². The van der Waals surface area contributed by atoms with Crippen LogP contribution in [0, 0.1) is 5.92 Å². The minimum atomic E-state index is -0.703. The molecule has 0 spiro atoms. The maximum Gasteiger partial charge on any atom is 0.344 e. The smallest absolute Gasteiger partial charge is 0.344 e. The van der Waals surface area contributed by atoms with Crippen molar-refractivity contribution in [2.24, 2.45) is 5.92 Å². The zero-order valence-corrected chi connectivity index (χ0v) is 16.4. The highest BCUT2D eigenvalue weighted by atomic mass is 16.6. The molecule has 1 saturated carbocycles. The van der Waals surface area contributed by atoms with Crippen molar-refractivity contribution in [3.63, 3.8) is 0 Å². The number of ether oxygens (including phenoxy) is 3. The summed E-state index contributed by atoms with van der Waals surface area (Å²) >= 11 is 0. The zero-order valence-electron chi connectivity index (χ0n) is 16.4. The Hall–Kier alpha value is -2.77. The molecule has 0 aliphatic heterocycles. The molecule has 8 nitrogen and oxygen atoms in total. The van der Waals surface area contributed by atoms with Crippen LogP contribution in [0.3, 0.4) is 0 Å². The Balaban J connectivity index is 1.63. The Morgan fingerprint density at radius 1 is 1.00 bits per heavy atom. The fourth-order valence-electron chi connectivity index (χ4n) is 3.03. The summed E-state index contributed by atoms with van der Waals surface area (Å²) in [6.07, 6.45) is 4.19. The molecule has 0 heterocycles. The number of esters is 1. The summed E-state index contributed by atoms with van der Waals surface area (Å²) in [7, 11) is 0. The topological polar surface area (TPSA) is 103 Å². The molecule has 2 atom stereocenters. The first-order chi connectivity index (χ1) is 13.5. The van der Waals surface area contributed by atoms with Crippen molar-refractivity contribution < 1.29 is 28.6 Å². The van der Waals surface area contributed by atoms with Gasteiger partial charge in [-0.1, -0.05) is 19.8 Å². The van der Waals surface area contributed by atoms with Gasteiger partial charge in [-0.2, -0.15) is 0 Å². The number of hydrogen-bond donors (Lipinski definition) is 2. The van der Waals surface area contributed by atoms with Crippen LogP contribution in [0.25, 0.3) is 0 Å². The number of imide groups is 1. The van der Waals surface area contributed by atoms with Gasteiger partial charge in [-0.15, -0.1) is 0 Å². The van der Waals surface area contributed by atoms with Gasteiger partial charge in [0.05, 0.1) is 6.61 Å². The lowest BCUT2D eigenvalue weighted by Crippen LogP contribution is -2.48. The van der Waals surface area contributed by atoms with Crippen LogP contribution in [-0.4, -0.2) is 43.8 Å². The molecule has 2 N–H and O–H groups in total. The predicted molar refractivity (Wildman–Crippen MR) is 102 cm³/mol. The van der Waals surface area contributed by atoms with Crippen LogP contribution in [0.4, 0.5) is 4.79 Å². The van der Waals surface area contributed by atoms with Crippen LogP contribution in [0.1, 0.15) is 39.5 Å². The number of carbonyl (C=O) groups is 3. The molecule has 0 radical (unpaired) electrons. The van der Waals surface area contributed by atoms with Crippen molar-refractivity contribution >= 4 is 17.9 Å². The minimum absolute atomic E-state index is 0.0617. The Labute approximate surface area is 164 Å². The van der Waals surface area contributed by atoms with Crippen molar-refractivity contribution in [2.75, 3.05) is 19.8 Å². The van der Waals surface area contributed by atoms with Gasteiger partial charge in [-0.25, -0.2) is 9.59 Å². The molecule has 0 saturated heterocycles. The Morgan fingerprint density at radius 3 is 2.29 bits per heavy atom. The van der Waals surface area contributed by atoms with Crippen LogP contribution in [-0.2, 0) is 14.3 Å². The fraction of sp³-hybridized carbons (Fsp3) is 0.550. The minimum Gasteiger partial charge on any atom is -0.494 e. The third-order valence-electron chi connectivity index (χ3n) is 4.54. The van der Waals surface area contributed by atoms with Gasteiger partial charge in [-0.3, -0.25) is 10.1 Å². The highest BCUT2D eigenvalue weighted by Crippen LogP contribution is 2.23. The maximum atomic E-state index is 11.9. The highest BCUT2D eigenvalue weighted by Gasteiger charge is 2.23. The lowest BCUT2D eigenvalue weighted by molar-refractivity contribution is -0.150. The second-order valence-corrected chi connectivity index (χ2v) is 6.74. The molecule has 1 aromatic carbocycles. The van der Waals surface area contributed by atoms with Crippen molar-refractivity contribution in [1.82, 2.24) is 10.6 Å². The molecule has 1 aliphatic carbocycles. The summed E-state index contributed by atoms with van der Waals surface area (Å²) in [6, 6.07) is 6.28. The molecule has 28 heavy (non-hydrogen) atoms. The van der Waals surface area contributed by atoms with Gasteiger partial charge >= 0.3 is 12.0 Å².